The quantitative estimate of drug-likeness (QED) is 0.597. The Morgan fingerprint density at radius 3 is 2.31 bits per heavy atom. The van der Waals surface area contributed by atoms with E-state index >= 15 is 0 Å². The first kappa shape index (κ1) is 12.9. The average Bonchev–Trinajstić information content (AvgIpc) is 2.00. The Kier molecular flexibility index (Phi) is 6.35. The van der Waals surface area contributed by atoms with Crippen LogP contribution in [0.25, 0.3) is 0 Å². The molecule has 2 heteroatoms. The van der Waals surface area contributed by atoms with Crippen LogP contribution in [0, 0.1) is 5.92 Å². The minimum Gasteiger partial charge on any atom is -0.382 e. The summed E-state index contributed by atoms with van der Waals surface area (Å²) in [5.41, 5.74) is -0.0140. The minimum absolute atomic E-state index is 0.0140. The van der Waals surface area contributed by atoms with E-state index in [2.05, 4.69) is 27.7 Å². The van der Waals surface area contributed by atoms with Gasteiger partial charge in [0.1, 0.15) is 0 Å². The summed E-state index contributed by atoms with van der Waals surface area (Å²) in [6.45, 7) is 13.0. The highest BCUT2D eigenvalue weighted by Crippen LogP contribution is 2.11. The maximum absolute atomic E-state index is 5.67. The summed E-state index contributed by atoms with van der Waals surface area (Å²) in [7, 11) is 0. The molecule has 13 heavy (non-hydrogen) atoms. The lowest BCUT2D eigenvalue weighted by Crippen LogP contribution is -2.23. The van der Waals surface area contributed by atoms with Crippen molar-refractivity contribution in [3.8, 4) is 0 Å². The fourth-order valence-corrected chi connectivity index (χ4v) is 0.904. The highest BCUT2D eigenvalue weighted by Gasteiger charge is 2.12. The molecule has 0 spiro atoms. The van der Waals surface area contributed by atoms with E-state index in [1.165, 1.54) is 0 Å². The Labute approximate surface area is 82.6 Å². The van der Waals surface area contributed by atoms with Gasteiger partial charge in [-0.3, -0.25) is 0 Å². The van der Waals surface area contributed by atoms with Crippen LogP contribution < -0.4 is 0 Å². The number of rotatable bonds is 6. The molecule has 0 aliphatic heterocycles. The summed E-state index contributed by atoms with van der Waals surface area (Å²) >= 11 is 0. The van der Waals surface area contributed by atoms with Crippen LogP contribution in [0.2, 0.25) is 0 Å². The van der Waals surface area contributed by atoms with E-state index in [0.29, 0.717) is 5.92 Å². The Balaban J connectivity index is 3.35. The molecule has 0 rings (SSSR count). The Morgan fingerprint density at radius 2 is 1.85 bits per heavy atom. The summed E-state index contributed by atoms with van der Waals surface area (Å²) in [6, 6.07) is 0. The van der Waals surface area contributed by atoms with E-state index in [1.54, 1.807) is 0 Å². The van der Waals surface area contributed by atoms with Crippen molar-refractivity contribution in [2.45, 2.75) is 46.6 Å². The molecule has 80 valence electrons. The molecule has 0 radical (unpaired) electrons. The number of hydrogen-bond donors (Lipinski definition) is 0. The monoisotopic (exact) mass is 188 g/mol. The molecule has 0 aromatic rings. The predicted octanol–water partition coefficient (Wildman–Crippen LogP) is 2.86. The average molecular weight is 188 g/mol. The van der Waals surface area contributed by atoms with Gasteiger partial charge in [-0.05, 0) is 40.0 Å². The Morgan fingerprint density at radius 1 is 1.23 bits per heavy atom. The van der Waals surface area contributed by atoms with Crippen molar-refractivity contribution in [3.05, 3.63) is 0 Å². The molecule has 0 amide bonds. The van der Waals surface area contributed by atoms with E-state index in [-0.39, 0.29) is 5.60 Å². The molecule has 0 aliphatic carbocycles. The summed E-state index contributed by atoms with van der Waals surface area (Å²) in [6.07, 6.45) is 1.09. The van der Waals surface area contributed by atoms with Gasteiger partial charge in [0.2, 0.25) is 0 Å². The van der Waals surface area contributed by atoms with E-state index in [4.69, 9.17) is 9.47 Å². The molecular weight excluding hydrogens is 164 g/mol. The first-order chi connectivity index (χ1) is 5.95. The normalized spacial score (nSPS) is 14.5. The molecule has 1 atom stereocenters. The standard InChI is InChI=1S/C11H24O2/c1-6-12-8-7-10(2)9-13-11(3,4)5/h10H,6-9H2,1-5H3/t10-/m1/s1. The third kappa shape index (κ3) is 9.84. The summed E-state index contributed by atoms with van der Waals surface area (Å²) in [5, 5.41) is 0. The molecule has 0 unspecified atom stereocenters. The fourth-order valence-electron chi connectivity index (χ4n) is 0.904. The van der Waals surface area contributed by atoms with Crippen LogP contribution in [-0.4, -0.2) is 25.4 Å². The molecule has 2 nitrogen and oxygen atoms in total. The van der Waals surface area contributed by atoms with Crippen molar-refractivity contribution in [1.29, 1.82) is 0 Å². The number of hydrogen-bond acceptors (Lipinski definition) is 2. The molecule has 0 heterocycles. The van der Waals surface area contributed by atoms with Crippen LogP contribution in [0.5, 0.6) is 0 Å². The molecule has 0 bridgehead atoms. The van der Waals surface area contributed by atoms with Crippen LogP contribution in [0.15, 0.2) is 0 Å². The van der Waals surface area contributed by atoms with E-state index in [9.17, 15) is 0 Å². The van der Waals surface area contributed by atoms with Gasteiger partial charge in [-0.2, -0.15) is 0 Å². The van der Waals surface area contributed by atoms with Crippen molar-refractivity contribution in [1.82, 2.24) is 0 Å². The van der Waals surface area contributed by atoms with Gasteiger partial charge in [0, 0.05) is 19.8 Å². The zero-order valence-corrected chi connectivity index (χ0v) is 9.72. The van der Waals surface area contributed by atoms with Gasteiger partial charge >= 0.3 is 0 Å². The second kappa shape index (κ2) is 6.39. The largest absolute Gasteiger partial charge is 0.382 e. The highest BCUT2D eigenvalue weighted by atomic mass is 16.5. The van der Waals surface area contributed by atoms with Gasteiger partial charge in [0.05, 0.1) is 5.60 Å². The SMILES string of the molecule is CCOCC[C@@H](C)COC(C)(C)C. The van der Waals surface area contributed by atoms with E-state index in [1.807, 2.05) is 6.92 Å². The van der Waals surface area contributed by atoms with Crippen LogP contribution >= 0.6 is 0 Å². The first-order valence-electron chi connectivity index (χ1n) is 5.17. The maximum atomic E-state index is 5.67. The molecule has 0 aromatic heterocycles. The molecule has 0 aromatic carbocycles. The lowest BCUT2D eigenvalue weighted by Gasteiger charge is -2.22. The van der Waals surface area contributed by atoms with Gasteiger partial charge < -0.3 is 9.47 Å². The van der Waals surface area contributed by atoms with Gasteiger partial charge in [-0.1, -0.05) is 6.92 Å². The van der Waals surface area contributed by atoms with Gasteiger partial charge in [-0.15, -0.1) is 0 Å². The molecular formula is C11H24O2. The third-order valence-electron chi connectivity index (χ3n) is 1.76. The van der Waals surface area contributed by atoms with Crippen molar-refractivity contribution < 1.29 is 9.47 Å². The molecule has 0 N–H and O–H groups in total. The lowest BCUT2D eigenvalue weighted by molar-refractivity contribution is -0.0244. The molecule has 0 fully saturated rings. The molecule has 0 saturated heterocycles. The van der Waals surface area contributed by atoms with Crippen LogP contribution in [0.3, 0.4) is 0 Å². The smallest absolute Gasteiger partial charge is 0.0598 e. The molecule has 0 saturated carbocycles. The van der Waals surface area contributed by atoms with Crippen molar-refractivity contribution in [2.75, 3.05) is 19.8 Å². The fraction of sp³-hybridized carbons (Fsp3) is 1.00. The van der Waals surface area contributed by atoms with E-state index in [0.717, 1.165) is 26.2 Å². The summed E-state index contributed by atoms with van der Waals surface area (Å²) in [4.78, 5) is 0. The summed E-state index contributed by atoms with van der Waals surface area (Å²) < 4.78 is 10.9. The summed E-state index contributed by atoms with van der Waals surface area (Å²) in [5.74, 6) is 0.589. The lowest BCUT2D eigenvalue weighted by atomic mass is 10.1. The Bertz CT molecular complexity index is 116. The third-order valence-corrected chi connectivity index (χ3v) is 1.76. The van der Waals surface area contributed by atoms with E-state index < -0.39 is 0 Å². The second-order valence-corrected chi connectivity index (χ2v) is 4.51. The van der Waals surface area contributed by atoms with Gasteiger partial charge in [0.15, 0.2) is 0 Å². The topological polar surface area (TPSA) is 18.5 Å². The van der Waals surface area contributed by atoms with Crippen molar-refractivity contribution in [3.63, 3.8) is 0 Å². The zero-order valence-electron chi connectivity index (χ0n) is 9.72. The van der Waals surface area contributed by atoms with Crippen LogP contribution in [0.4, 0.5) is 0 Å². The zero-order chi connectivity index (χ0) is 10.3. The maximum Gasteiger partial charge on any atom is 0.0598 e. The molecule has 0 aliphatic rings. The minimum atomic E-state index is -0.0140. The van der Waals surface area contributed by atoms with Crippen LogP contribution in [0.1, 0.15) is 41.0 Å². The predicted molar refractivity (Wildman–Crippen MR) is 56.0 cm³/mol. The van der Waals surface area contributed by atoms with Gasteiger partial charge in [0.25, 0.3) is 0 Å². The Hall–Kier alpha value is -0.0800. The first-order valence-corrected chi connectivity index (χ1v) is 5.17. The van der Waals surface area contributed by atoms with Crippen LogP contribution in [-0.2, 0) is 9.47 Å². The number of ether oxygens (including phenoxy) is 2. The highest BCUT2D eigenvalue weighted by molar-refractivity contribution is 4.60. The van der Waals surface area contributed by atoms with Gasteiger partial charge in [-0.25, -0.2) is 0 Å². The van der Waals surface area contributed by atoms with Crippen molar-refractivity contribution >= 4 is 0 Å². The van der Waals surface area contributed by atoms with Crippen molar-refractivity contribution in [2.24, 2.45) is 5.92 Å². The second-order valence-electron chi connectivity index (χ2n) is 4.51.